The van der Waals surface area contributed by atoms with Gasteiger partial charge in [0.1, 0.15) is 17.2 Å². The van der Waals surface area contributed by atoms with Crippen molar-refractivity contribution in [3.05, 3.63) is 82.4 Å². The monoisotopic (exact) mass is 442 g/mol. The third-order valence-corrected chi connectivity index (χ3v) is 5.60. The number of hydrogen-bond donors (Lipinski definition) is 4. The molecule has 0 atom stereocenters. The van der Waals surface area contributed by atoms with Crippen LogP contribution in [0.25, 0.3) is 0 Å². The summed E-state index contributed by atoms with van der Waals surface area (Å²) in [5, 5.41) is 34.8. The highest BCUT2D eigenvalue weighted by Gasteiger charge is 2.21. The molecule has 3 aromatic carbocycles. The highest BCUT2D eigenvalue weighted by Crippen LogP contribution is 2.29. The summed E-state index contributed by atoms with van der Waals surface area (Å²) in [6.07, 6.45) is 0. The number of nitrogens with zero attached hydrogens (tertiary/aromatic N) is 2. The molecule has 0 saturated carbocycles. The van der Waals surface area contributed by atoms with Crippen molar-refractivity contribution in [2.24, 2.45) is 5.10 Å². The van der Waals surface area contributed by atoms with E-state index in [0.29, 0.717) is 11.3 Å². The molecule has 4 N–H and O–H groups in total. The van der Waals surface area contributed by atoms with Gasteiger partial charge in [-0.05, 0) is 43.3 Å². The van der Waals surface area contributed by atoms with E-state index in [2.05, 4.69) is 15.2 Å². The summed E-state index contributed by atoms with van der Waals surface area (Å²) >= 11 is 0. The molecule has 160 valence electrons. The minimum absolute atomic E-state index is 0.0405. The Hall–Kier alpha value is -4.12. The lowest BCUT2D eigenvalue weighted by molar-refractivity contribution is -0.384. The van der Waals surface area contributed by atoms with E-state index >= 15 is 0 Å². The van der Waals surface area contributed by atoms with Crippen molar-refractivity contribution in [3.63, 3.8) is 0 Å². The Kier molecular flexibility index (Phi) is 6.07. The summed E-state index contributed by atoms with van der Waals surface area (Å²) in [5.74, 6) is -0.343. The Labute approximate surface area is 177 Å². The highest BCUT2D eigenvalue weighted by molar-refractivity contribution is 7.92. The van der Waals surface area contributed by atoms with Crippen LogP contribution in [0.4, 0.5) is 17.1 Å². The molecular weight excluding hydrogens is 424 g/mol. The van der Waals surface area contributed by atoms with Gasteiger partial charge in [0.2, 0.25) is 0 Å². The molecule has 0 bridgehead atoms. The van der Waals surface area contributed by atoms with Crippen LogP contribution < -0.4 is 10.1 Å². The third-order valence-electron chi connectivity index (χ3n) is 4.22. The Morgan fingerprint density at radius 3 is 2.39 bits per heavy atom. The van der Waals surface area contributed by atoms with Crippen LogP contribution in [0.3, 0.4) is 0 Å². The van der Waals surface area contributed by atoms with Crippen LogP contribution >= 0.6 is 0 Å². The molecule has 0 aliphatic heterocycles. The SMILES string of the molecule is CC(=NNc1ccc(S(=O)(=O)Nc2ccccc2)cc1[N+](=O)[O-])c1ccc(O)cc1O. The number of para-hydroxylation sites is 1. The summed E-state index contributed by atoms with van der Waals surface area (Å²) in [5.41, 5.74) is 2.89. The molecule has 0 aromatic heterocycles. The molecule has 0 saturated heterocycles. The first-order valence-corrected chi connectivity index (χ1v) is 10.3. The van der Waals surface area contributed by atoms with Gasteiger partial charge in [-0.1, -0.05) is 18.2 Å². The molecule has 0 heterocycles. The van der Waals surface area contributed by atoms with Gasteiger partial charge in [-0.3, -0.25) is 20.3 Å². The number of hydrazone groups is 1. The van der Waals surface area contributed by atoms with E-state index in [0.717, 1.165) is 12.1 Å². The molecule has 11 heteroatoms. The molecule has 0 aliphatic rings. The lowest BCUT2D eigenvalue weighted by Gasteiger charge is -2.10. The fourth-order valence-electron chi connectivity index (χ4n) is 2.67. The summed E-state index contributed by atoms with van der Waals surface area (Å²) < 4.78 is 27.5. The number of anilines is 2. The molecule has 0 unspecified atom stereocenters. The molecule has 3 aromatic rings. The fraction of sp³-hybridized carbons (Fsp3) is 0.0500. The van der Waals surface area contributed by atoms with Crippen molar-refractivity contribution in [1.82, 2.24) is 0 Å². The number of aromatic hydroxyl groups is 2. The standard InChI is InChI=1S/C20H18N4O6S/c1-13(17-9-7-15(25)11-20(17)26)21-22-18-10-8-16(12-19(18)24(27)28)31(29,30)23-14-5-3-2-4-6-14/h2-12,22-23,25-26H,1H3. The average molecular weight is 442 g/mol. The van der Waals surface area contributed by atoms with E-state index in [4.69, 9.17) is 0 Å². The molecule has 31 heavy (non-hydrogen) atoms. The van der Waals surface area contributed by atoms with E-state index in [9.17, 15) is 28.7 Å². The Morgan fingerprint density at radius 2 is 1.74 bits per heavy atom. The van der Waals surface area contributed by atoms with Crippen LogP contribution in [-0.2, 0) is 10.0 Å². The highest BCUT2D eigenvalue weighted by atomic mass is 32.2. The number of rotatable bonds is 7. The molecule has 0 radical (unpaired) electrons. The topological polar surface area (TPSA) is 154 Å². The van der Waals surface area contributed by atoms with Gasteiger partial charge >= 0.3 is 0 Å². The lowest BCUT2D eigenvalue weighted by Crippen LogP contribution is -2.13. The van der Waals surface area contributed by atoms with Gasteiger partial charge in [-0.15, -0.1) is 0 Å². The molecule has 0 amide bonds. The maximum absolute atomic E-state index is 12.6. The second kappa shape index (κ2) is 8.71. The van der Waals surface area contributed by atoms with Crippen molar-refractivity contribution in [3.8, 4) is 11.5 Å². The van der Waals surface area contributed by atoms with Crippen molar-refractivity contribution < 1.29 is 23.6 Å². The number of nitrogens with one attached hydrogen (secondary N) is 2. The maximum atomic E-state index is 12.6. The number of hydrogen-bond acceptors (Lipinski definition) is 8. The van der Waals surface area contributed by atoms with E-state index in [1.807, 2.05) is 0 Å². The second-order valence-corrected chi connectivity index (χ2v) is 8.10. The normalized spacial score (nSPS) is 11.7. The number of benzene rings is 3. The Bertz CT molecular complexity index is 1260. The van der Waals surface area contributed by atoms with Gasteiger partial charge in [0.25, 0.3) is 15.7 Å². The van der Waals surface area contributed by atoms with Crippen LogP contribution in [0.1, 0.15) is 12.5 Å². The number of phenols is 2. The second-order valence-electron chi connectivity index (χ2n) is 6.42. The third kappa shape index (κ3) is 5.08. The molecule has 0 spiro atoms. The predicted octanol–water partition coefficient (Wildman–Crippen LogP) is 3.64. The van der Waals surface area contributed by atoms with Crippen molar-refractivity contribution in [2.75, 3.05) is 10.1 Å². The van der Waals surface area contributed by atoms with Crippen molar-refractivity contribution >= 4 is 32.8 Å². The van der Waals surface area contributed by atoms with Gasteiger partial charge in [0, 0.05) is 23.4 Å². The van der Waals surface area contributed by atoms with Crippen molar-refractivity contribution in [2.45, 2.75) is 11.8 Å². The molecule has 0 aliphatic carbocycles. The van der Waals surface area contributed by atoms with Crippen LogP contribution in [0.2, 0.25) is 0 Å². The minimum atomic E-state index is -4.04. The smallest absolute Gasteiger partial charge is 0.295 e. The minimum Gasteiger partial charge on any atom is -0.508 e. The quantitative estimate of drug-likeness (QED) is 0.247. The van der Waals surface area contributed by atoms with Crippen LogP contribution in [-0.4, -0.2) is 29.3 Å². The predicted molar refractivity (Wildman–Crippen MR) is 116 cm³/mol. The average Bonchev–Trinajstić information content (AvgIpc) is 2.72. The maximum Gasteiger partial charge on any atom is 0.295 e. The number of nitro benzene ring substituents is 1. The Morgan fingerprint density at radius 1 is 1.03 bits per heavy atom. The van der Waals surface area contributed by atoms with Gasteiger partial charge < -0.3 is 10.2 Å². The number of nitro groups is 1. The largest absolute Gasteiger partial charge is 0.508 e. The van der Waals surface area contributed by atoms with Gasteiger partial charge in [0.15, 0.2) is 0 Å². The summed E-state index contributed by atoms with van der Waals surface area (Å²) in [7, 11) is -4.04. The van der Waals surface area contributed by atoms with Crippen LogP contribution in [0.15, 0.2) is 76.7 Å². The summed E-state index contributed by atoms with van der Waals surface area (Å²) in [6.45, 7) is 1.55. The van der Waals surface area contributed by atoms with Crippen molar-refractivity contribution in [1.29, 1.82) is 0 Å². The van der Waals surface area contributed by atoms with E-state index in [1.165, 1.54) is 24.3 Å². The van der Waals surface area contributed by atoms with Gasteiger partial charge in [-0.25, -0.2) is 8.42 Å². The van der Waals surface area contributed by atoms with Gasteiger partial charge in [-0.2, -0.15) is 5.10 Å². The first kappa shape index (κ1) is 21.6. The zero-order valence-corrected chi connectivity index (χ0v) is 17.0. The Balaban J connectivity index is 1.89. The number of phenolic OH excluding ortho intramolecular Hbond substituents is 2. The zero-order chi connectivity index (χ0) is 22.6. The molecule has 3 rings (SSSR count). The van der Waals surface area contributed by atoms with E-state index < -0.39 is 20.6 Å². The van der Waals surface area contributed by atoms with Crippen LogP contribution in [0, 0.1) is 10.1 Å². The molecular formula is C20H18N4O6S. The first-order chi connectivity index (χ1) is 14.7. The first-order valence-electron chi connectivity index (χ1n) is 8.86. The van der Waals surface area contributed by atoms with E-state index in [1.54, 1.807) is 37.3 Å². The molecule has 10 nitrogen and oxygen atoms in total. The number of sulfonamides is 1. The van der Waals surface area contributed by atoms with Crippen LogP contribution in [0.5, 0.6) is 11.5 Å². The lowest BCUT2D eigenvalue weighted by atomic mass is 10.1. The van der Waals surface area contributed by atoms with E-state index in [-0.39, 0.29) is 27.8 Å². The molecule has 0 fully saturated rings. The summed E-state index contributed by atoms with van der Waals surface area (Å²) in [6, 6.07) is 15.4. The zero-order valence-electron chi connectivity index (χ0n) is 16.2. The fourth-order valence-corrected chi connectivity index (χ4v) is 3.75. The van der Waals surface area contributed by atoms with Gasteiger partial charge in [0.05, 0.1) is 15.5 Å². The summed E-state index contributed by atoms with van der Waals surface area (Å²) in [4.78, 5) is 10.5.